The molecule has 1 aliphatic heterocycles. The number of aryl methyl sites for hydroxylation is 1. The summed E-state index contributed by atoms with van der Waals surface area (Å²) >= 11 is 12.2. The molecule has 1 atom stereocenters. The van der Waals surface area contributed by atoms with Gasteiger partial charge in [0.25, 0.3) is 0 Å². The van der Waals surface area contributed by atoms with Crippen LogP contribution in [0.4, 0.5) is 5.69 Å². The highest BCUT2D eigenvalue weighted by atomic mass is 35.5. The zero-order valence-electron chi connectivity index (χ0n) is 11.7. The van der Waals surface area contributed by atoms with E-state index in [1.165, 1.54) is 0 Å². The summed E-state index contributed by atoms with van der Waals surface area (Å²) in [5, 5.41) is 7.23. The molecule has 4 nitrogen and oxygen atoms in total. The first kappa shape index (κ1) is 15.6. The van der Waals surface area contributed by atoms with Crippen molar-refractivity contribution in [3.05, 3.63) is 27.7 Å². The second-order valence-electron chi connectivity index (χ2n) is 5.03. The fourth-order valence-corrected chi connectivity index (χ4v) is 2.64. The molecule has 1 amide bonds. The van der Waals surface area contributed by atoms with Crippen molar-refractivity contribution in [1.29, 1.82) is 0 Å². The number of rotatable bonds is 3. The van der Waals surface area contributed by atoms with Gasteiger partial charge >= 0.3 is 0 Å². The Morgan fingerprint density at radius 1 is 1.30 bits per heavy atom. The van der Waals surface area contributed by atoms with Crippen LogP contribution in [-0.2, 0) is 4.79 Å². The van der Waals surface area contributed by atoms with E-state index in [9.17, 15) is 4.79 Å². The second kappa shape index (κ2) is 6.76. The molecule has 2 N–H and O–H groups in total. The number of nitrogens with zero attached hydrogens (tertiary/aromatic N) is 1. The van der Waals surface area contributed by atoms with Crippen molar-refractivity contribution in [3.8, 4) is 0 Å². The SMILES string of the molecule is Cc1cc(Cl)c(NC(=O)C(C)N2CCNCC2)cc1Cl. The van der Waals surface area contributed by atoms with Crippen LogP contribution >= 0.6 is 23.2 Å². The minimum Gasteiger partial charge on any atom is -0.323 e. The minimum absolute atomic E-state index is 0.0614. The van der Waals surface area contributed by atoms with Crippen molar-refractivity contribution >= 4 is 34.8 Å². The molecule has 1 fully saturated rings. The molecule has 6 heteroatoms. The third-order valence-corrected chi connectivity index (χ3v) is 4.30. The summed E-state index contributed by atoms with van der Waals surface area (Å²) in [5.74, 6) is -0.0614. The summed E-state index contributed by atoms with van der Waals surface area (Å²) in [6, 6.07) is 3.27. The van der Waals surface area contributed by atoms with E-state index in [-0.39, 0.29) is 11.9 Å². The Morgan fingerprint density at radius 2 is 1.95 bits per heavy atom. The number of nitrogens with one attached hydrogen (secondary N) is 2. The first-order chi connectivity index (χ1) is 9.49. The Kier molecular flexibility index (Phi) is 5.27. The number of carbonyl (C=O) groups excluding carboxylic acids is 1. The van der Waals surface area contributed by atoms with Gasteiger partial charge in [-0.25, -0.2) is 0 Å². The van der Waals surface area contributed by atoms with Gasteiger partial charge in [0.2, 0.25) is 5.91 Å². The van der Waals surface area contributed by atoms with Gasteiger partial charge in [0.15, 0.2) is 0 Å². The standard InChI is InChI=1S/C14H19Cl2N3O/c1-9-7-12(16)13(8-11(9)15)18-14(20)10(2)19-5-3-17-4-6-19/h7-8,10,17H,3-6H2,1-2H3,(H,18,20). The predicted molar refractivity (Wildman–Crippen MR) is 83.7 cm³/mol. The van der Waals surface area contributed by atoms with Crippen LogP contribution in [0.25, 0.3) is 0 Å². The van der Waals surface area contributed by atoms with Crippen molar-refractivity contribution in [2.75, 3.05) is 31.5 Å². The van der Waals surface area contributed by atoms with Crippen LogP contribution in [0.2, 0.25) is 10.0 Å². The number of benzene rings is 1. The van der Waals surface area contributed by atoms with E-state index in [2.05, 4.69) is 15.5 Å². The maximum Gasteiger partial charge on any atom is 0.241 e. The Hall–Kier alpha value is -0.810. The number of hydrogen-bond donors (Lipinski definition) is 2. The Balaban J connectivity index is 2.05. The van der Waals surface area contributed by atoms with Crippen molar-refractivity contribution in [1.82, 2.24) is 10.2 Å². The lowest BCUT2D eigenvalue weighted by atomic mass is 10.2. The lowest BCUT2D eigenvalue weighted by molar-refractivity contribution is -0.120. The Morgan fingerprint density at radius 3 is 2.60 bits per heavy atom. The molecule has 1 heterocycles. The Labute approximate surface area is 129 Å². The van der Waals surface area contributed by atoms with E-state index in [0.29, 0.717) is 15.7 Å². The number of anilines is 1. The quantitative estimate of drug-likeness (QED) is 0.901. The van der Waals surface area contributed by atoms with E-state index >= 15 is 0 Å². The van der Waals surface area contributed by atoms with Gasteiger partial charge in [0, 0.05) is 31.2 Å². The minimum atomic E-state index is -0.187. The van der Waals surface area contributed by atoms with E-state index in [4.69, 9.17) is 23.2 Å². The molecule has 0 bridgehead atoms. The van der Waals surface area contributed by atoms with Crippen LogP contribution < -0.4 is 10.6 Å². The summed E-state index contributed by atoms with van der Waals surface area (Å²) in [4.78, 5) is 14.4. The number of piperazine rings is 1. The molecule has 0 spiro atoms. The number of amides is 1. The van der Waals surface area contributed by atoms with Gasteiger partial charge in [-0.15, -0.1) is 0 Å². The van der Waals surface area contributed by atoms with Crippen LogP contribution in [0.3, 0.4) is 0 Å². The van der Waals surface area contributed by atoms with Crippen molar-refractivity contribution in [2.45, 2.75) is 19.9 Å². The van der Waals surface area contributed by atoms with Crippen molar-refractivity contribution < 1.29 is 4.79 Å². The molecular weight excluding hydrogens is 297 g/mol. The van der Waals surface area contributed by atoms with E-state index in [0.717, 1.165) is 31.7 Å². The molecule has 110 valence electrons. The van der Waals surface area contributed by atoms with Gasteiger partial charge in [-0.1, -0.05) is 23.2 Å². The van der Waals surface area contributed by atoms with Gasteiger partial charge in [-0.3, -0.25) is 9.69 Å². The fraction of sp³-hybridized carbons (Fsp3) is 0.500. The highest BCUT2D eigenvalue weighted by Gasteiger charge is 2.23. The van der Waals surface area contributed by atoms with E-state index in [1.807, 2.05) is 13.8 Å². The van der Waals surface area contributed by atoms with E-state index < -0.39 is 0 Å². The zero-order chi connectivity index (χ0) is 14.7. The highest BCUT2D eigenvalue weighted by Crippen LogP contribution is 2.29. The Bertz CT molecular complexity index is 501. The summed E-state index contributed by atoms with van der Waals surface area (Å²) < 4.78 is 0. The first-order valence-corrected chi connectivity index (χ1v) is 7.46. The van der Waals surface area contributed by atoms with Crippen LogP contribution in [0.5, 0.6) is 0 Å². The molecule has 1 saturated heterocycles. The van der Waals surface area contributed by atoms with Gasteiger partial charge in [0.05, 0.1) is 16.8 Å². The maximum absolute atomic E-state index is 12.3. The van der Waals surface area contributed by atoms with Gasteiger partial charge in [0.1, 0.15) is 0 Å². The third kappa shape index (κ3) is 3.64. The lowest BCUT2D eigenvalue weighted by Gasteiger charge is -2.31. The predicted octanol–water partition coefficient (Wildman–Crippen LogP) is 2.53. The molecule has 1 unspecified atom stereocenters. The highest BCUT2D eigenvalue weighted by molar-refractivity contribution is 6.36. The van der Waals surface area contributed by atoms with Gasteiger partial charge < -0.3 is 10.6 Å². The molecule has 1 aliphatic rings. The average Bonchev–Trinajstić information content (AvgIpc) is 2.44. The largest absolute Gasteiger partial charge is 0.323 e. The van der Waals surface area contributed by atoms with Gasteiger partial charge in [-0.05, 0) is 31.5 Å². The monoisotopic (exact) mass is 315 g/mol. The molecule has 2 rings (SSSR count). The zero-order valence-corrected chi connectivity index (χ0v) is 13.2. The first-order valence-electron chi connectivity index (χ1n) is 6.70. The maximum atomic E-state index is 12.3. The molecule has 1 aromatic carbocycles. The summed E-state index contributed by atoms with van der Waals surface area (Å²) in [5.41, 5.74) is 1.46. The molecule has 0 aliphatic carbocycles. The summed E-state index contributed by atoms with van der Waals surface area (Å²) in [7, 11) is 0. The molecule has 0 saturated carbocycles. The smallest absolute Gasteiger partial charge is 0.241 e. The topological polar surface area (TPSA) is 44.4 Å². The van der Waals surface area contributed by atoms with Crippen LogP contribution in [0.1, 0.15) is 12.5 Å². The molecule has 0 radical (unpaired) electrons. The fourth-order valence-electron chi connectivity index (χ4n) is 2.21. The average molecular weight is 316 g/mol. The molecular formula is C14H19Cl2N3O. The van der Waals surface area contributed by atoms with Crippen molar-refractivity contribution in [3.63, 3.8) is 0 Å². The molecule has 20 heavy (non-hydrogen) atoms. The second-order valence-corrected chi connectivity index (χ2v) is 5.85. The number of carbonyl (C=O) groups is 1. The lowest BCUT2D eigenvalue weighted by Crippen LogP contribution is -2.51. The normalized spacial score (nSPS) is 17.8. The summed E-state index contributed by atoms with van der Waals surface area (Å²) in [6.07, 6.45) is 0. The van der Waals surface area contributed by atoms with Crippen LogP contribution in [-0.4, -0.2) is 43.0 Å². The van der Waals surface area contributed by atoms with Gasteiger partial charge in [-0.2, -0.15) is 0 Å². The van der Waals surface area contributed by atoms with Crippen LogP contribution in [0.15, 0.2) is 12.1 Å². The molecule has 0 aromatic heterocycles. The van der Waals surface area contributed by atoms with E-state index in [1.54, 1.807) is 12.1 Å². The van der Waals surface area contributed by atoms with Crippen LogP contribution in [0, 0.1) is 6.92 Å². The molecule has 1 aromatic rings. The third-order valence-electron chi connectivity index (χ3n) is 3.58. The summed E-state index contributed by atoms with van der Waals surface area (Å²) in [6.45, 7) is 7.35. The number of hydrogen-bond acceptors (Lipinski definition) is 3. The number of halogens is 2. The van der Waals surface area contributed by atoms with Crippen molar-refractivity contribution in [2.24, 2.45) is 0 Å².